The molecule has 0 amide bonds. The van der Waals surface area contributed by atoms with E-state index in [1.54, 1.807) is 11.1 Å². The van der Waals surface area contributed by atoms with Crippen LogP contribution in [0.1, 0.15) is 59.9 Å². The van der Waals surface area contributed by atoms with Crippen molar-refractivity contribution in [2.75, 3.05) is 0 Å². The van der Waals surface area contributed by atoms with E-state index in [2.05, 4.69) is 40.7 Å². The lowest BCUT2D eigenvalue weighted by atomic mass is 9.83. The standard InChI is InChI=1S/C16H24/c1-10-7-6-8-15(10)16-9-11(2)12(3)13(4)14(16)5/h9-10,15H,6-8H2,1-5H3. The molecule has 88 valence electrons. The molecule has 1 aromatic rings. The van der Waals surface area contributed by atoms with Gasteiger partial charge in [0.05, 0.1) is 0 Å². The van der Waals surface area contributed by atoms with E-state index in [9.17, 15) is 0 Å². The quantitative estimate of drug-likeness (QED) is 0.631. The Labute approximate surface area is 100 Å². The first kappa shape index (κ1) is 11.7. The molecular formula is C16H24. The van der Waals surface area contributed by atoms with E-state index in [-0.39, 0.29) is 0 Å². The van der Waals surface area contributed by atoms with E-state index in [0.29, 0.717) is 0 Å². The Morgan fingerprint density at radius 2 is 1.62 bits per heavy atom. The highest BCUT2D eigenvalue weighted by Gasteiger charge is 2.26. The molecule has 0 aliphatic heterocycles. The van der Waals surface area contributed by atoms with Crippen LogP contribution >= 0.6 is 0 Å². The molecule has 0 radical (unpaired) electrons. The molecule has 0 saturated heterocycles. The summed E-state index contributed by atoms with van der Waals surface area (Å²) in [4.78, 5) is 0. The van der Waals surface area contributed by atoms with Crippen molar-refractivity contribution in [2.24, 2.45) is 5.92 Å². The molecule has 0 nitrogen and oxygen atoms in total. The first-order valence-corrected chi connectivity index (χ1v) is 6.59. The third-order valence-corrected chi connectivity index (χ3v) is 4.78. The Hall–Kier alpha value is -0.780. The molecule has 1 aliphatic rings. The van der Waals surface area contributed by atoms with Gasteiger partial charge in [0.15, 0.2) is 0 Å². The first-order chi connectivity index (χ1) is 7.52. The van der Waals surface area contributed by atoms with Gasteiger partial charge in [0.25, 0.3) is 0 Å². The van der Waals surface area contributed by atoms with Crippen molar-refractivity contribution in [2.45, 2.75) is 59.8 Å². The minimum atomic E-state index is 0.818. The van der Waals surface area contributed by atoms with Gasteiger partial charge >= 0.3 is 0 Å². The fourth-order valence-electron chi connectivity index (χ4n) is 3.24. The molecule has 0 aromatic heterocycles. The van der Waals surface area contributed by atoms with E-state index in [4.69, 9.17) is 0 Å². The Morgan fingerprint density at radius 1 is 0.938 bits per heavy atom. The van der Waals surface area contributed by atoms with Gasteiger partial charge in [0, 0.05) is 0 Å². The zero-order valence-corrected chi connectivity index (χ0v) is 11.4. The van der Waals surface area contributed by atoms with Crippen LogP contribution in [0.3, 0.4) is 0 Å². The fourth-order valence-corrected chi connectivity index (χ4v) is 3.24. The van der Waals surface area contributed by atoms with Gasteiger partial charge in [0.1, 0.15) is 0 Å². The summed E-state index contributed by atoms with van der Waals surface area (Å²) in [6, 6.07) is 2.45. The highest BCUT2D eigenvalue weighted by atomic mass is 14.3. The van der Waals surface area contributed by atoms with E-state index in [1.165, 1.54) is 36.0 Å². The molecule has 0 heteroatoms. The summed E-state index contributed by atoms with van der Waals surface area (Å²) in [7, 11) is 0. The van der Waals surface area contributed by atoms with Crippen LogP contribution in [0, 0.1) is 33.6 Å². The van der Waals surface area contributed by atoms with Crippen LogP contribution in [0.4, 0.5) is 0 Å². The Bertz CT molecular complexity index is 401. The summed E-state index contributed by atoms with van der Waals surface area (Å²) in [5.74, 6) is 1.69. The zero-order valence-electron chi connectivity index (χ0n) is 11.4. The molecule has 0 bridgehead atoms. The van der Waals surface area contributed by atoms with Crippen LogP contribution in [0.5, 0.6) is 0 Å². The summed E-state index contributed by atoms with van der Waals surface area (Å²) in [5.41, 5.74) is 7.63. The Balaban J connectivity index is 2.49. The van der Waals surface area contributed by atoms with Crippen molar-refractivity contribution in [1.29, 1.82) is 0 Å². The molecule has 0 heterocycles. The summed E-state index contributed by atoms with van der Waals surface area (Å²) in [5, 5.41) is 0. The minimum Gasteiger partial charge on any atom is -0.0619 e. The summed E-state index contributed by atoms with van der Waals surface area (Å²) < 4.78 is 0. The summed E-state index contributed by atoms with van der Waals surface area (Å²) in [6.45, 7) is 11.5. The average molecular weight is 216 g/mol. The van der Waals surface area contributed by atoms with Crippen molar-refractivity contribution < 1.29 is 0 Å². The second kappa shape index (κ2) is 4.24. The highest BCUT2D eigenvalue weighted by Crippen LogP contribution is 2.41. The van der Waals surface area contributed by atoms with Gasteiger partial charge in [-0.15, -0.1) is 0 Å². The van der Waals surface area contributed by atoms with Crippen LogP contribution in [-0.4, -0.2) is 0 Å². The molecule has 16 heavy (non-hydrogen) atoms. The predicted molar refractivity (Wildman–Crippen MR) is 71.1 cm³/mol. The molecule has 2 rings (SSSR count). The number of rotatable bonds is 1. The van der Waals surface area contributed by atoms with Crippen LogP contribution in [-0.2, 0) is 0 Å². The molecule has 1 aromatic carbocycles. The van der Waals surface area contributed by atoms with Crippen LogP contribution in [0.25, 0.3) is 0 Å². The van der Waals surface area contributed by atoms with Gasteiger partial charge in [-0.1, -0.05) is 25.8 Å². The van der Waals surface area contributed by atoms with Gasteiger partial charge in [-0.2, -0.15) is 0 Å². The number of hydrogen-bond donors (Lipinski definition) is 0. The molecule has 1 aliphatic carbocycles. The van der Waals surface area contributed by atoms with Crippen molar-refractivity contribution in [3.05, 3.63) is 33.9 Å². The van der Waals surface area contributed by atoms with Crippen molar-refractivity contribution in [1.82, 2.24) is 0 Å². The van der Waals surface area contributed by atoms with Crippen LogP contribution < -0.4 is 0 Å². The zero-order chi connectivity index (χ0) is 11.9. The predicted octanol–water partition coefficient (Wildman–Crippen LogP) is 4.82. The van der Waals surface area contributed by atoms with E-state index >= 15 is 0 Å². The molecule has 2 unspecified atom stereocenters. The second-order valence-corrected chi connectivity index (χ2v) is 5.67. The summed E-state index contributed by atoms with van der Waals surface area (Å²) in [6.07, 6.45) is 4.22. The lowest BCUT2D eigenvalue weighted by Gasteiger charge is -2.22. The normalized spacial score (nSPS) is 25.1. The van der Waals surface area contributed by atoms with Crippen LogP contribution in [0.2, 0.25) is 0 Å². The van der Waals surface area contributed by atoms with Gasteiger partial charge in [-0.3, -0.25) is 0 Å². The molecule has 0 spiro atoms. The maximum absolute atomic E-state index is 2.45. The van der Waals surface area contributed by atoms with E-state index in [0.717, 1.165) is 11.8 Å². The number of aryl methyl sites for hydroxylation is 1. The Kier molecular flexibility index (Phi) is 3.10. The van der Waals surface area contributed by atoms with Gasteiger partial charge in [-0.25, -0.2) is 0 Å². The monoisotopic (exact) mass is 216 g/mol. The molecule has 1 fully saturated rings. The van der Waals surface area contributed by atoms with Crippen LogP contribution in [0.15, 0.2) is 6.07 Å². The third-order valence-electron chi connectivity index (χ3n) is 4.78. The van der Waals surface area contributed by atoms with E-state index < -0.39 is 0 Å². The lowest BCUT2D eigenvalue weighted by molar-refractivity contribution is 0.530. The van der Waals surface area contributed by atoms with Crippen molar-refractivity contribution >= 4 is 0 Å². The largest absolute Gasteiger partial charge is 0.0619 e. The minimum absolute atomic E-state index is 0.818. The van der Waals surface area contributed by atoms with Gasteiger partial charge in [-0.05, 0) is 73.8 Å². The van der Waals surface area contributed by atoms with E-state index in [1.807, 2.05) is 0 Å². The molecule has 1 saturated carbocycles. The Morgan fingerprint density at radius 3 is 2.19 bits per heavy atom. The van der Waals surface area contributed by atoms with Crippen molar-refractivity contribution in [3.8, 4) is 0 Å². The summed E-state index contributed by atoms with van der Waals surface area (Å²) >= 11 is 0. The molecule has 0 N–H and O–H groups in total. The average Bonchev–Trinajstić information content (AvgIpc) is 2.67. The maximum Gasteiger partial charge on any atom is -0.0133 e. The van der Waals surface area contributed by atoms with Gasteiger partial charge < -0.3 is 0 Å². The number of hydrogen-bond acceptors (Lipinski definition) is 0. The maximum atomic E-state index is 2.45. The van der Waals surface area contributed by atoms with Crippen molar-refractivity contribution in [3.63, 3.8) is 0 Å². The molecular weight excluding hydrogens is 192 g/mol. The second-order valence-electron chi connectivity index (χ2n) is 5.67. The SMILES string of the molecule is Cc1cc(C2CCCC2C)c(C)c(C)c1C. The highest BCUT2D eigenvalue weighted by molar-refractivity contribution is 5.45. The lowest BCUT2D eigenvalue weighted by Crippen LogP contribution is -2.07. The topological polar surface area (TPSA) is 0 Å². The smallest absolute Gasteiger partial charge is 0.0133 e. The molecule has 2 atom stereocenters. The van der Waals surface area contributed by atoms with Gasteiger partial charge in [0.2, 0.25) is 0 Å². The first-order valence-electron chi connectivity index (χ1n) is 6.59. The third kappa shape index (κ3) is 1.79. The fraction of sp³-hybridized carbons (Fsp3) is 0.625. The number of benzene rings is 1.